The molecule has 2 amide bonds. The largest absolute Gasteiger partial charge is 0.444 e. The smallest absolute Gasteiger partial charge is 0.409 e. The third kappa shape index (κ3) is 3.87. The van der Waals surface area contributed by atoms with Crippen LogP contribution in [0.3, 0.4) is 0 Å². The Balaban J connectivity index is 2.31. The number of rotatable bonds is 1. The summed E-state index contributed by atoms with van der Waals surface area (Å²) >= 11 is 1.33. The number of carbonyl (C=O) groups excluding carboxylic acids is 2. The molecule has 0 radical (unpaired) electrons. The first kappa shape index (κ1) is 11.2. The molecule has 0 aliphatic carbocycles. The third-order valence-electron chi connectivity index (χ3n) is 1.32. The molecule has 1 rings (SSSR count). The number of amides is 2. The zero-order chi connectivity index (χ0) is 10.8. The Hall–Kier alpha value is -0.910. The fourth-order valence-electron chi connectivity index (χ4n) is 0.881. The van der Waals surface area contributed by atoms with E-state index < -0.39 is 11.7 Å². The lowest BCUT2D eigenvalue weighted by molar-refractivity contribution is -0.118. The molecule has 0 aromatic rings. The molecular formula is C8H14N2O3S. The first-order valence-corrected chi connectivity index (χ1v) is 5.32. The Morgan fingerprint density at radius 1 is 1.64 bits per heavy atom. The Morgan fingerprint density at radius 2 is 2.29 bits per heavy atom. The lowest BCUT2D eigenvalue weighted by Gasteiger charge is -2.21. The summed E-state index contributed by atoms with van der Waals surface area (Å²) < 4.78 is 5.02. The molecule has 0 aromatic carbocycles. The monoisotopic (exact) mass is 218 g/mol. The van der Waals surface area contributed by atoms with Gasteiger partial charge in [0.25, 0.3) is 0 Å². The normalized spacial score (nSPS) is 21.6. The molecule has 80 valence electrons. The molecule has 1 heterocycles. The first-order chi connectivity index (χ1) is 6.37. The van der Waals surface area contributed by atoms with Gasteiger partial charge in [0, 0.05) is 0 Å². The van der Waals surface area contributed by atoms with E-state index in [2.05, 4.69) is 10.6 Å². The fraction of sp³-hybridized carbons (Fsp3) is 0.750. The summed E-state index contributed by atoms with van der Waals surface area (Å²) in [7, 11) is 0. The van der Waals surface area contributed by atoms with Crippen LogP contribution in [-0.4, -0.2) is 28.9 Å². The van der Waals surface area contributed by atoms with Gasteiger partial charge < -0.3 is 10.1 Å². The highest BCUT2D eigenvalue weighted by Crippen LogP contribution is 2.13. The second-order valence-corrected chi connectivity index (χ2v) is 5.00. The molecule has 0 bridgehead atoms. The summed E-state index contributed by atoms with van der Waals surface area (Å²) in [4.78, 5) is 22.0. The first-order valence-electron chi connectivity index (χ1n) is 4.27. The van der Waals surface area contributed by atoms with Crippen molar-refractivity contribution in [1.82, 2.24) is 10.6 Å². The molecule has 1 saturated heterocycles. The van der Waals surface area contributed by atoms with Crippen molar-refractivity contribution in [2.24, 2.45) is 0 Å². The Bertz CT molecular complexity index is 249. The van der Waals surface area contributed by atoms with Gasteiger partial charge in [-0.2, -0.15) is 0 Å². The van der Waals surface area contributed by atoms with Crippen LogP contribution < -0.4 is 10.6 Å². The van der Waals surface area contributed by atoms with E-state index in [0.29, 0.717) is 5.75 Å². The van der Waals surface area contributed by atoms with Crippen LogP contribution in [0.4, 0.5) is 4.79 Å². The summed E-state index contributed by atoms with van der Waals surface area (Å²) in [5.74, 6) is 0.302. The molecule has 6 heteroatoms. The van der Waals surface area contributed by atoms with Gasteiger partial charge in [0.1, 0.15) is 5.60 Å². The van der Waals surface area contributed by atoms with Crippen molar-refractivity contribution in [2.45, 2.75) is 31.9 Å². The molecule has 1 atom stereocenters. The molecule has 1 aliphatic rings. The fourth-order valence-corrected chi connectivity index (χ4v) is 1.68. The van der Waals surface area contributed by atoms with E-state index in [4.69, 9.17) is 4.74 Å². The summed E-state index contributed by atoms with van der Waals surface area (Å²) in [6, 6.07) is 0. The van der Waals surface area contributed by atoms with E-state index in [0.717, 1.165) is 0 Å². The number of carbonyl (C=O) groups is 2. The van der Waals surface area contributed by atoms with Gasteiger partial charge in [0.2, 0.25) is 5.91 Å². The number of thioether (sulfide) groups is 1. The maximum atomic E-state index is 11.2. The van der Waals surface area contributed by atoms with Crippen LogP contribution in [-0.2, 0) is 9.53 Å². The predicted octanol–water partition coefficient (Wildman–Crippen LogP) is 0.658. The van der Waals surface area contributed by atoms with Gasteiger partial charge in [-0.1, -0.05) is 0 Å². The van der Waals surface area contributed by atoms with E-state index in [1.54, 1.807) is 20.8 Å². The topological polar surface area (TPSA) is 67.4 Å². The van der Waals surface area contributed by atoms with E-state index in [9.17, 15) is 9.59 Å². The standard InChI is InChI=1S/C8H14N2O3S/c1-8(2,3)13-7(12)10-6-9-5(11)4-14-6/h6H,4H2,1-3H3,(H,9,11)(H,10,12). The number of hydrogen-bond acceptors (Lipinski definition) is 4. The number of ether oxygens (including phenoxy) is 1. The zero-order valence-corrected chi connectivity index (χ0v) is 9.23. The second-order valence-electron chi connectivity index (χ2n) is 3.90. The van der Waals surface area contributed by atoms with Crippen molar-refractivity contribution >= 4 is 23.8 Å². The average molecular weight is 218 g/mol. The number of nitrogens with one attached hydrogen (secondary N) is 2. The Labute approximate surface area is 86.9 Å². The summed E-state index contributed by atoms with van der Waals surface area (Å²) in [5.41, 5.74) is -0.880. The molecule has 2 N–H and O–H groups in total. The highest BCUT2D eigenvalue weighted by molar-refractivity contribution is 8.01. The molecular weight excluding hydrogens is 204 g/mol. The minimum absolute atomic E-state index is 0.0731. The van der Waals surface area contributed by atoms with Crippen LogP contribution in [0.2, 0.25) is 0 Å². The number of alkyl carbamates (subject to hydrolysis) is 1. The highest BCUT2D eigenvalue weighted by atomic mass is 32.2. The van der Waals surface area contributed by atoms with Crippen molar-refractivity contribution in [3.63, 3.8) is 0 Å². The SMILES string of the molecule is CC(C)(C)OC(=O)NC1NC(=O)CS1. The summed E-state index contributed by atoms with van der Waals surface area (Å²) in [5, 5.41) is 5.12. The van der Waals surface area contributed by atoms with E-state index in [1.807, 2.05) is 0 Å². The van der Waals surface area contributed by atoms with E-state index >= 15 is 0 Å². The highest BCUT2D eigenvalue weighted by Gasteiger charge is 2.25. The van der Waals surface area contributed by atoms with Crippen LogP contribution in [0, 0.1) is 0 Å². The van der Waals surface area contributed by atoms with Crippen molar-refractivity contribution in [3.05, 3.63) is 0 Å². The van der Waals surface area contributed by atoms with Crippen molar-refractivity contribution in [1.29, 1.82) is 0 Å². The molecule has 1 fully saturated rings. The molecule has 1 unspecified atom stereocenters. The number of hydrogen-bond donors (Lipinski definition) is 2. The van der Waals surface area contributed by atoms with Crippen molar-refractivity contribution in [2.75, 3.05) is 5.75 Å². The lowest BCUT2D eigenvalue weighted by atomic mass is 10.2. The van der Waals surface area contributed by atoms with Crippen molar-refractivity contribution in [3.8, 4) is 0 Å². The molecule has 1 aliphatic heterocycles. The minimum atomic E-state index is -0.517. The average Bonchev–Trinajstić information content (AvgIpc) is 2.30. The second kappa shape index (κ2) is 4.08. The Kier molecular flexibility index (Phi) is 3.25. The van der Waals surface area contributed by atoms with E-state index in [1.165, 1.54) is 11.8 Å². The van der Waals surface area contributed by atoms with Crippen LogP contribution >= 0.6 is 11.8 Å². The van der Waals surface area contributed by atoms with Crippen LogP contribution in [0.5, 0.6) is 0 Å². The Morgan fingerprint density at radius 3 is 2.71 bits per heavy atom. The molecule has 0 aromatic heterocycles. The molecule has 0 spiro atoms. The van der Waals surface area contributed by atoms with Gasteiger partial charge in [-0.05, 0) is 20.8 Å². The molecule has 5 nitrogen and oxygen atoms in total. The lowest BCUT2D eigenvalue weighted by Crippen LogP contribution is -2.43. The summed E-state index contributed by atoms with van der Waals surface area (Å²) in [6.45, 7) is 5.35. The zero-order valence-electron chi connectivity index (χ0n) is 8.42. The van der Waals surface area contributed by atoms with Crippen LogP contribution in [0.15, 0.2) is 0 Å². The maximum Gasteiger partial charge on any atom is 0.409 e. The van der Waals surface area contributed by atoms with Crippen molar-refractivity contribution < 1.29 is 14.3 Å². The van der Waals surface area contributed by atoms with Crippen LogP contribution in [0.1, 0.15) is 20.8 Å². The van der Waals surface area contributed by atoms with Gasteiger partial charge in [-0.15, -0.1) is 11.8 Å². The van der Waals surface area contributed by atoms with Gasteiger partial charge in [0.15, 0.2) is 5.50 Å². The van der Waals surface area contributed by atoms with Gasteiger partial charge in [-0.25, -0.2) is 4.79 Å². The van der Waals surface area contributed by atoms with E-state index in [-0.39, 0.29) is 11.4 Å². The summed E-state index contributed by atoms with van der Waals surface area (Å²) in [6.07, 6.45) is -0.516. The quantitative estimate of drug-likeness (QED) is 0.678. The predicted molar refractivity (Wildman–Crippen MR) is 53.8 cm³/mol. The third-order valence-corrected chi connectivity index (χ3v) is 2.32. The molecule has 0 saturated carbocycles. The minimum Gasteiger partial charge on any atom is -0.444 e. The van der Waals surface area contributed by atoms with Gasteiger partial charge in [0.05, 0.1) is 5.75 Å². The molecule has 14 heavy (non-hydrogen) atoms. The van der Waals surface area contributed by atoms with Gasteiger partial charge >= 0.3 is 6.09 Å². The van der Waals surface area contributed by atoms with Gasteiger partial charge in [-0.3, -0.25) is 10.1 Å². The van der Waals surface area contributed by atoms with Crippen LogP contribution in [0.25, 0.3) is 0 Å². The maximum absolute atomic E-state index is 11.2.